The molecule has 0 atom stereocenters. The second kappa shape index (κ2) is 6.95. The number of nitrogens with one attached hydrogen (secondary N) is 1. The molecule has 1 aromatic carbocycles. The number of hydrogen-bond acceptors (Lipinski definition) is 2. The van der Waals surface area contributed by atoms with Gasteiger partial charge in [0, 0.05) is 30.3 Å². The largest absolute Gasteiger partial charge is 0.339 e. The molecule has 0 radical (unpaired) electrons. The Morgan fingerprint density at radius 1 is 1.00 bits per heavy atom. The van der Waals surface area contributed by atoms with E-state index in [0.29, 0.717) is 5.56 Å². The lowest BCUT2D eigenvalue weighted by Crippen LogP contribution is -2.35. The molecule has 0 unspecified atom stereocenters. The minimum atomic E-state index is 0.0802. The Labute approximate surface area is 131 Å². The van der Waals surface area contributed by atoms with E-state index < -0.39 is 0 Å². The molecule has 1 saturated carbocycles. The highest BCUT2D eigenvalue weighted by Crippen LogP contribution is 2.26. The molecule has 4 heteroatoms. The Balaban J connectivity index is 1.66. The van der Waals surface area contributed by atoms with E-state index in [0.717, 1.165) is 57.3 Å². The smallest absolute Gasteiger partial charge is 0.253 e. The highest BCUT2D eigenvalue weighted by atomic mass is 16.2. The van der Waals surface area contributed by atoms with Crippen LogP contribution in [0, 0.1) is 5.92 Å². The Morgan fingerprint density at radius 3 is 2.45 bits per heavy atom. The highest BCUT2D eigenvalue weighted by Gasteiger charge is 2.23. The van der Waals surface area contributed by atoms with E-state index >= 15 is 0 Å². The standard InChI is InChI=1S/C18H24N2O2/c21-17(14-7-2-3-8-14)19-16-10-6-9-15(13-16)18(22)20-11-4-1-5-12-20/h6,9-10,13-14H,1-5,7-8,11-12H2,(H,19,21). The third-order valence-corrected chi connectivity index (χ3v) is 4.75. The van der Waals surface area contributed by atoms with Crippen molar-refractivity contribution in [2.24, 2.45) is 5.92 Å². The normalized spacial score (nSPS) is 19.2. The number of nitrogens with zero attached hydrogens (tertiary/aromatic N) is 1. The van der Waals surface area contributed by atoms with Crippen LogP contribution in [0.3, 0.4) is 0 Å². The Morgan fingerprint density at radius 2 is 1.73 bits per heavy atom. The van der Waals surface area contributed by atoms with Gasteiger partial charge < -0.3 is 10.2 Å². The van der Waals surface area contributed by atoms with Crippen molar-refractivity contribution in [2.45, 2.75) is 44.9 Å². The lowest BCUT2D eigenvalue weighted by atomic mass is 10.1. The minimum Gasteiger partial charge on any atom is -0.339 e. The first kappa shape index (κ1) is 15.1. The van der Waals surface area contributed by atoms with Crippen LogP contribution in [0.2, 0.25) is 0 Å². The van der Waals surface area contributed by atoms with E-state index in [1.54, 1.807) is 0 Å². The summed E-state index contributed by atoms with van der Waals surface area (Å²) in [6, 6.07) is 7.35. The first-order valence-electron chi connectivity index (χ1n) is 8.44. The molecular formula is C18H24N2O2. The van der Waals surface area contributed by atoms with E-state index in [9.17, 15) is 9.59 Å². The number of carbonyl (C=O) groups excluding carboxylic acids is 2. The van der Waals surface area contributed by atoms with Gasteiger partial charge in [-0.05, 0) is 50.3 Å². The summed E-state index contributed by atoms with van der Waals surface area (Å²) in [5.41, 5.74) is 1.41. The Bertz CT molecular complexity index is 544. The molecule has 2 aliphatic rings. The van der Waals surface area contributed by atoms with Crippen molar-refractivity contribution in [3.8, 4) is 0 Å². The van der Waals surface area contributed by atoms with Crippen molar-refractivity contribution in [1.82, 2.24) is 4.90 Å². The molecule has 0 aromatic heterocycles. The number of anilines is 1. The summed E-state index contributed by atoms with van der Waals surface area (Å²) in [5.74, 6) is 0.318. The van der Waals surface area contributed by atoms with Crippen molar-refractivity contribution in [3.05, 3.63) is 29.8 Å². The summed E-state index contributed by atoms with van der Waals surface area (Å²) in [5, 5.41) is 2.97. The van der Waals surface area contributed by atoms with Gasteiger partial charge in [0.2, 0.25) is 5.91 Å². The van der Waals surface area contributed by atoms with Crippen molar-refractivity contribution >= 4 is 17.5 Å². The molecule has 0 bridgehead atoms. The van der Waals surface area contributed by atoms with Crippen molar-refractivity contribution in [3.63, 3.8) is 0 Å². The molecule has 4 nitrogen and oxygen atoms in total. The van der Waals surface area contributed by atoms with Gasteiger partial charge >= 0.3 is 0 Å². The Hall–Kier alpha value is -1.84. The number of carbonyl (C=O) groups is 2. The lowest BCUT2D eigenvalue weighted by Gasteiger charge is -2.26. The van der Waals surface area contributed by atoms with Crippen LogP contribution in [-0.2, 0) is 4.79 Å². The number of amides is 2. The second-order valence-corrected chi connectivity index (χ2v) is 6.40. The molecule has 1 aliphatic heterocycles. The summed E-state index contributed by atoms with van der Waals surface area (Å²) in [7, 11) is 0. The summed E-state index contributed by atoms with van der Waals surface area (Å²) in [4.78, 5) is 26.6. The van der Waals surface area contributed by atoms with Gasteiger partial charge in [0.25, 0.3) is 5.91 Å². The van der Waals surface area contributed by atoms with Gasteiger partial charge in [-0.3, -0.25) is 9.59 Å². The van der Waals surface area contributed by atoms with Gasteiger partial charge in [0.05, 0.1) is 0 Å². The van der Waals surface area contributed by atoms with Crippen LogP contribution < -0.4 is 5.32 Å². The van der Waals surface area contributed by atoms with Gasteiger partial charge in [-0.2, -0.15) is 0 Å². The van der Waals surface area contributed by atoms with Gasteiger partial charge in [-0.15, -0.1) is 0 Å². The molecule has 1 aromatic rings. The summed E-state index contributed by atoms with van der Waals surface area (Å²) >= 11 is 0. The van der Waals surface area contributed by atoms with E-state index in [1.165, 1.54) is 6.42 Å². The maximum atomic E-state index is 12.5. The first-order chi connectivity index (χ1) is 10.7. The lowest BCUT2D eigenvalue weighted by molar-refractivity contribution is -0.119. The summed E-state index contributed by atoms with van der Waals surface area (Å²) in [6.07, 6.45) is 7.64. The van der Waals surface area contributed by atoms with E-state index in [4.69, 9.17) is 0 Å². The first-order valence-corrected chi connectivity index (χ1v) is 8.44. The van der Waals surface area contributed by atoms with Crippen LogP contribution in [0.1, 0.15) is 55.3 Å². The maximum absolute atomic E-state index is 12.5. The quantitative estimate of drug-likeness (QED) is 0.929. The molecule has 118 valence electrons. The minimum absolute atomic E-state index is 0.0802. The molecule has 3 rings (SSSR count). The number of hydrogen-bond donors (Lipinski definition) is 1. The number of piperidine rings is 1. The molecule has 2 fully saturated rings. The van der Waals surface area contributed by atoms with Gasteiger partial charge in [-0.1, -0.05) is 18.9 Å². The monoisotopic (exact) mass is 300 g/mol. The van der Waals surface area contributed by atoms with Crippen molar-refractivity contribution < 1.29 is 9.59 Å². The molecule has 1 heterocycles. The summed E-state index contributed by atoms with van der Waals surface area (Å²) < 4.78 is 0. The van der Waals surface area contributed by atoms with Crippen molar-refractivity contribution in [1.29, 1.82) is 0 Å². The molecular weight excluding hydrogens is 276 g/mol. The fourth-order valence-electron chi connectivity index (χ4n) is 3.44. The zero-order chi connectivity index (χ0) is 15.4. The van der Waals surface area contributed by atoms with E-state index in [1.807, 2.05) is 29.2 Å². The predicted molar refractivity (Wildman–Crippen MR) is 86.8 cm³/mol. The van der Waals surface area contributed by atoms with E-state index in [-0.39, 0.29) is 17.7 Å². The van der Waals surface area contributed by atoms with Gasteiger partial charge in [0.15, 0.2) is 0 Å². The molecule has 1 N–H and O–H groups in total. The predicted octanol–water partition coefficient (Wildman–Crippen LogP) is 3.44. The van der Waals surface area contributed by atoms with Crippen LogP contribution in [0.5, 0.6) is 0 Å². The molecule has 2 amide bonds. The van der Waals surface area contributed by atoms with Crippen LogP contribution >= 0.6 is 0 Å². The van der Waals surface area contributed by atoms with Crippen molar-refractivity contribution in [2.75, 3.05) is 18.4 Å². The second-order valence-electron chi connectivity index (χ2n) is 6.40. The Kier molecular flexibility index (Phi) is 4.76. The molecule has 0 spiro atoms. The SMILES string of the molecule is O=C(Nc1cccc(C(=O)N2CCCCC2)c1)C1CCCC1. The van der Waals surface area contributed by atoms with Crippen LogP contribution in [-0.4, -0.2) is 29.8 Å². The van der Waals surface area contributed by atoms with Gasteiger partial charge in [0.1, 0.15) is 0 Å². The number of rotatable bonds is 3. The fraction of sp³-hybridized carbons (Fsp3) is 0.556. The average Bonchev–Trinajstić information content (AvgIpc) is 3.10. The van der Waals surface area contributed by atoms with Crippen LogP contribution in [0.25, 0.3) is 0 Å². The maximum Gasteiger partial charge on any atom is 0.253 e. The summed E-state index contributed by atoms with van der Waals surface area (Å²) in [6.45, 7) is 1.69. The average molecular weight is 300 g/mol. The fourth-order valence-corrected chi connectivity index (χ4v) is 3.44. The zero-order valence-electron chi connectivity index (χ0n) is 13.0. The van der Waals surface area contributed by atoms with Gasteiger partial charge in [-0.25, -0.2) is 0 Å². The molecule has 1 aliphatic carbocycles. The molecule has 22 heavy (non-hydrogen) atoms. The topological polar surface area (TPSA) is 49.4 Å². The number of benzene rings is 1. The third-order valence-electron chi connectivity index (χ3n) is 4.75. The van der Waals surface area contributed by atoms with E-state index in [2.05, 4.69) is 5.32 Å². The zero-order valence-corrected chi connectivity index (χ0v) is 13.0. The van der Waals surface area contributed by atoms with Crippen LogP contribution in [0.15, 0.2) is 24.3 Å². The number of likely N-dealkylation sites (tertiary alicyclic amines) is 1. The third kappa shape index (κ3) is 3.49. The van der Waals surface area contributed by atoms with Crippen LogP contribution in [0.4, 0.5) is 5.69 Å². The highest BCUT2D eigenvalue weighted by molar-refractivity contribution is 5.97. The molecule has 1 saturated heterocycles.